The molecule has 0 radical (unpaired) electrons. The second-order valence-electron chi connectivity index (χ2n) is 9.85. The van der Waals surface area contributed by atoms with Gasteiger partial charge < -0.3 is 15.2 Å². The number of aliphatic hydroxyl groups excluding tert-OH is 1. The highest BCUT2D eigenvalue weighted by Gasteiger charge is 2.42. The summed E-state index contributed by atoms with van der Waals surface area (Å²) in [5.41, 5.74) is 2.08. The number of aliphatic hydroxyl groups is 1. The molecule has 6 nitrogen and oxygen atoms in total. The average Bonchev–Trinajstić information content (AvgIpc) is 3.26. The topological polar surface area (TPSA) is 74.2 Å². The molecule has 8 heteroatoms. The molecule has 3 aromatic rings. The normalized spacial score (nSPS) is 17.4. The van der Waals surface area contributed by atoms with Crippen molar-refractivity contribution in [3.63, 3.8) is 0 Å². The Morgan fingerprint density at radius 3 is 2.43 bits per heavy atom. The number of alkyl carbamates (subject to hydrolysis) is 1. The number of halogens is 2. The monoisotopic (exact) mass is 507 g/mol. The van der Waals surface area contributed by atoms with Gasteiger partial charge in [-0.05, 0) is 60.2 Å². The maximum atomic E-state index is 14.3. The second-order valence-corrected chi connectivity index (χ2v) is 9.85. The van der Waals surface area contributed by atoms with E-state index < -0.39 is 29.9 Å². The van der Waals surface area contributed by atoms with Crippen LogP contribution in [0.25, 0.3) is 0 Å². The molecule has 0 aromatic heterocycles. The maximum absolute atomic E-state index is 14.3. The van der Waals surface area contributed by atoms with Gasteiger partial charge in [-0.1, -0.05) is 56.3 Å². The largest absolute Gasteiger partial charge is 0.437 e. The van der Waals surface area contributed by atoms with Crippen molar-refractivity contribution >= 4 is 17.5 Å². The molecule has 0 saturated heterocycles. The summed E-state index contributed by atoms with van der Waals surface area (Å²) in [6.45, 7) is 4.33. The van der Waals surface area contributed by atoms with Crippen LogP contribution in [0.3, 0.4) is 0 Å². The van der Waals surface area contributed by atoms with E-state index in [2.05, 4.69) is 5.32 Å². The van der Waals surface area contributed by atoms with Crippen LogP contribution in [0.4, 0.5) is 19.3 Å². The first-order chi connectivity index (χ1) is 17.8. The number of nitrogens with zero attached hydrogens (tertiary/aromatic N) is 2. The highest BCUT2D eigenvalue weighted by molar-refractivity contribution is 6.07. The molecule has 0 bridgehead atoms. The number of amides is 1. The first-order valence-electron chi connectivity index (χ1n) is 12.3. The molecule has 3 aromatic carbocycles. The number of hydrogen-bond acceptors (Lipinski definition) is 5. The van der Waals surface area contributed by atoms with E-state index in [1.54, 1.807) is 29.3 Å². The number of carbonyl (C=O) groups is 1. The predicted molar refractivity (Wildman–Crippen MR) is 139 cm³/mol. The Kier molecular flexibility index (Phi) is 8.18. The minimum atomic E-state index is -0.902. The Labute approximate surface area is 215 Å². The van der Waals surface area contributed by atoms with E-state index in [-0.39, 0.29) is 12.0 Å². The van der Waals surface area contributed by atoms with Crippen molar-refractivity contribution in [2.45, 2.75) is 38.8 Å². The summed E-state index contributed by atoms with van der Waals surface area (Å²) in [5, 5.41) is 18.7. The van der Waals surface area contributed by atoms with E-state index in [4.69, 9.17) is 9.84 Å². The first-order valence-corrected chi connectivity index (χ1v) is 12.3. The number of ether oxygens (including phenoxy) is 1. The quantitative estimate of drug-likeness (QED) is 0.358. The van der Waals surface area contributed by atoms with Crippen LogP contribution < -0.4 is 10.3 Å². The molecule has 4 rings (SSSR count). The fraction of sp³-hybridized carbons (Fsp3) is 0.310. The van der Waals surface area contributed by atoms with Gasteiger partial charge in [0.1, 0.15) is 23.4 Å². The molecule has 0 saturated carbocycles. The molecule has 194 valence electrons. The number of anilines is 1. The van der Waals surface area contributed by atoms with Gasteiger partial charge in [-0.3, -0.25) is 5.01 Å². The lowest BCUT2D eigenvalue weighted by atomic mass is 9.89. The molecular weight excluding hydrogens is 476 g/mol. The number of para-hydroxylation sites is 1. The van der Waals surface area contributed by atoms with Gasteiger partial charge in [0.05, 0.1) is 5.69 Å². The summed E-state index contributed by atoms with van der Waals surface area (Å²) < 4.78 is 33.9. The Balaban J connectivity index is 1.65. The van der Waals surface area contributed by atoms with Crippen molar-refractivity contribution in [2.24, 2.45) is 10.5 Å². The zero-order valence-corrected chi connectivity index (χ0v) is 20.9. The number of hydrogen-bond donors (Lipinski definition) is 2. The van der Waals surface area contributed by atoms with Crippen molar-refractivity contribution < 1.29 is 23.4 Å². The number of rotatable bonds is 9. The number of nitrogens with one attached hydrogen (secondary N) is 1. The summed E-state index contributed by atoms with van der Waals surface area (Å²) >= 11 is 0. The molecular formula is C29H31F2N3O3. The highest BCUT2D eigenvalue weighted by atomic mass is 19.1. The molecule has 37 heavy (non-hydrogen) atoms. The number of carbonyl (C=O) groups excluding carboxylic acids is 1. The molecule has 0 aliphatic carbocycles. The lowest BCUT2D eigenvalue weighted by Crippen LogP contribution is -2.38. The van der Waals surface area contributed by atoms with Crippen LogP contribution in [0.1, 0.15) is 43.9 Å². The summed E-state index contributed by atoms with van der Waals surface area (Å²) in [6, 6.07) is 20.6. The minimum Gasteiger partial charge on any atom is -0.437 e. The van der Waals surface area contributed by atoms with Crippen molar-refractivity contribution in [3.8, 4) is 0 Å². The molecule has 1 amide bonds. The van der Waals surface area contributed by atoms with E-state index in [0.717, 1.165) is 12.1 Å². The predicted octanol–water partition coefficient (Wildman–Crippen LogP) is 5.82. The van der Waals surface area contributed by atoms with Crippen LogP contribution in [-0.4, -0.2) is 36.2 Å². The van der Waals surface area contributed by atoms with Gasteiger partial charge in [-0.15, -0.1) is 0 Å². The van der Waals surface area contributed by atoms with Crippen LogP contribution in [0.5, 0.6) is 0 Å². The van der Waals surface area contributed by atoms with Gasteiger partial charge in [0.2, 0.25) is 0 Å². The first kappa shape index (κ1) is 26.3. The molecule has 2 N–H and O–H groups in total. The van der Waals surface area contributed by atoms with Crippen molar-refractivity contribution in [3.05, 3.63) is 102 Å². The van der Waals surface area contributed by atoms with Crippen LogP contribution in [0, 0.1) is 17.0 Å². The van der Waals surface area contributed by atoms with Gasteiger partial charge in [-0.25, -0.2) is 13.6 Å². The van der Waals surface area contributed by atoms with Crippen LogP contribution in [0.15, 0.2) is 84.0 Å². The van der Waals surface area contributed by atoms with Crippen molar-refractivity contribution in [1.82, 2.24) is 5.32 Å². The van der Waals surface area contributed by atoms with Gasteiger partial charge in [0.15, 0.2) is 6.10 Å². The van der Waals surface area contributed by atoms with Crippen LogP contribution in [0.2, 0.25) is 0 Å². The molecule has 0 spiro atoms. The molecule has 1 aliphatic heterocycles. The molecule has 1 heterocycles. The SMILES string of the molecule is CC(C)(CO)CCCNC(=O)OC1C(c2ccc(F)cc2)=NN(c2ccccc2)C1c1cccc(F)c1. The van der Waals surface area contributed by atoms with E-state index in [1.165, 1.54) is 24.3 Å². The third kappa shape index (κ3) is 6.51. The minimum absolute atomic E-state index is 0.0572. The third-order valence-electron chi connectivity index (χ3n) is 6.35. The fourth-order valence-corrected chi connectivity index (χ4v) is 4.27. The molecule has 2 unspecified atom stereocenters. The number of benzene rings is 3. The summed E-state index contributed by atoms with van der Waals surface area (Å²) in [7, 11) is 0. The fourth-order valence-electron chi connectivity index (χ4n) is 4.27. The highest BCUT2D eigenvalue weighted by Crippen LogP contribution is 2.38. The van der Waals surface area contributed by atoms with E-state index in [1.807, 2.05) is 44.2 Å². The zero-order valence-electron chi connectivity index (χ0n) is 20.9. The second kappa shape index (κ2) is 11.5. The summed E-state index contributed by atoms with van der Waals surface area (Å²) in [5.74, 6) is -0.819. The van der Waals surface area contributed by atoms with Gasteiger partial charge in [0.25, 0.3) is 0 Å². The smallest absolute Gasteiger partial charge is 0.407 e. The third-order valence-corrected chi connectivity index (χ3v) is 6.35. The summed E-state index contributed by atoms with van der Waals surface area (Å²) in [4.78, 5) is 12.9. The Hall–Kier alpha value is -3.78. The van der Waals surface area contributed by atoms with Crippen molar-refractivity contribution in [2.75, 3.05) is 18.2 Å². The van der Waals surface area contributed by atoms with E-state index in [0.29, 0.717) is 29.8 Å². The molecule has 2 atom stereocenters. The van der Waals surface area contributed by atoms with Gasteiger partial charge in [0, 0.05) is 18.7 Å². The van der Waals surface area contributed by atoms with E-state index >= 15 is 0 Å². The Morgan fingerprint density at radius 1 is 1.03 bits per heavy atom. The Bertz CT molecular complexity index is 1230. The van der Waals surface area contributed by atoms with Crippen LogP contribution in [-0.2, 0) is 4.74 Å². The van der Waals surface area contributed by atoms with Crippen LogP contribution >= 0.6 is 0 Å². The number of hydrazone groups is 1. The summed E-state index contributed by atoms with van der Waals surface area (Å²) in [6.07, 6.45) is -0.155. The molecule has 1 aliphatic rings. The van der Waals surface area contributed by atoms with E-state index in [9.17, 15) is 18.7 Å². The lowest BCUT2D eigenvalue weighted by Gasteiger charge is -2.28. The standard InChI is InChI=1S/C29H31F2N3O3/c1-29(2,19-35)16-7-17-32-28(36)37-27-25(20-12-14-22(30)15-13-20)33-34(24-10-4-3-5-11-24)26(27)21-8-6-9-23(31)18-21/h3-6,8-15,18,26-27,35H,7,16-17,19H2,1-2H3,(H,32,36). The van der Waals surface area contributed by atoms with Gasteiger partial charge >= 0.3 is 6.09 Å². The maximum Gasteiger partial charge on any atom is 0.407 e. The molecule has 0 fully saturated rings. The van der Waals surface area contributed by atoms with Gasteiger partial charge in [-0.2, -0.15) is 5.10 Å². The van der Waals surface area contributed by atoms with Crippen molar-refractivity contribution in [1.29, 1.82) is 0 Å². The average molecular weight is 508 g/mol. The zero-order chi connectivity index (χ0) is 26.4. The Morgan fingerprint density at radius 2 is 1.76 bits per heavy atom. The lowest BCUT2D eigenvalue weighted by molar-refractivity contribution is 0.117.